The highest BCUT2D eigenvalue weighted by atomic mass is 16.6. The lowest BCUT2D eigenvalue weighted by Crippen LogP contribution is -2.54. The Hall–Kier alpha value is -2.08. The molecular weight excluding hydrogens is 308 g/mol. The minimum atomic E-state index is -0.911. The highest BCUT2D eigenvalue weighted by molar-refractivity contribution is 5.89. The molecule has 2 rings (SSSR count). The van der Waals surface area contributed by atoms with Crippen LogP contribution in [-0.4, -0.2) is 58.2 Å². The molecule has 0 bridgehead atoms. The van der Waals surface area contributed by atoms with Crippen molar-refractivity contribution >= 4 is 12.1 Å². The second kappa shape index (κ2) is 7.21. The quantitative estimate of drug-likeness (QED) is 0.920. The maximum Gasteiger partial charge on any atom is 0.410 e. The summed E-state index contributed by atoms with van der Waals surface area (Å²) >= 11 is 0. The lowest BCUT2D eigenvalue weighted by molar-refractivity contribution is 0.00459. The Morgan fingerprint density at radius 2 is 1.92 bits per heavy atom. The number of benzene rings is 1. The fourth-order valence-electron chi connectivity index (χ4n) is 2.81. The molecule has 6 nitrogen and oxygen atoms in total. The summed E-state index contributed by atoms with van der Waals surface area (Å²) in [5, 5.41) is 9.30. The van der Waals surface area contributed by atoms with Crippen molar-refractivity contribution in [2.75, 3.05) is 19.6 Å². The molecular formula is C18H26N2O4. The molecule has 0 aromatic heterocycles. The van der Waals surface area contributed by atoms with E-state index in [2.05, 4.69) is 4.90 Å². The van der Waals surface area contributed by atoms with Gasteiger partial charge < -0.3 is 14.7 Å². The molecule has 1 atom stereocenters. The molecule has 1 N–H and O–H groups in total. The highest BCUT2D eigenvalue weighted by Gasteiger charge is 2.30. The van der Waals surface area contributed by atoms with Gasteiger partial charge in [0.1, 0.15) is 5.60 Å². The number of carbonyl (C=O) groups is 2. The summed E-state index contributed by atoms with van der Waals surface area (Å²) in [4.78, 5) is 27.4. The molecule has 0 radical (unpaired) electrons. The molecule has 1 fully saturated rings. The van der Waals surface area contributed by atoms with Gasteiger partial charge in [0.05, 0.1) is 5.56 Å². The van der Waals surface area contributed by atoms with Gasteiger partial charge in [0.25, 0.3) is 0 Å². The smallest absolute Gasteiger partial charge is 0.410 e. The first-order valence-corrected chi connectivity index (χ1v) is 8.20. The van der Waals surface area contributed by atoms with E-state index < -0.39 is 11.6 Å². The van der Waals surface area contributed by atoms with Crippen LogP contribution < -0.4 is 0 Å². The Morgan fingerprint density at radius 3 is 2.50 bits per heavy atom. The van der Waals surface area contributed by atoms with E-state index in [1.807, 2.05) is 39.8 Å². The van der Waals surface area contributed by atoms with E-state index in [0.29, 0.717) is 31.7 Å². The number of amides is 1. The van der Waals surface area contributed by atoms with Crippen molar-refractivity contribution in [2.45, 2.75) is 45.9 Å². The van der Waals surface area contributed by atoms with Gasteiger partial charge in [0, 0.05) is 32.2 Å². The highest BCUT2D eigenvalue weighted by Crippen LogP contribution is 2.19. The lowest BCUT2D eigenvalue weighted by atomic mass is 10.1. The van der Waals surface area contributed by atoms with Gasteiger partial charge >= 0.3 is 12.1 Å². The molecule has 1 aliphatic rings. The minimum Gasteiger partial charge on any atom is -0.478 e. The zero-order valence-electron chi connectivity index (χ0n) is 14.8. The predicted molar refractivity (Wildman–Crippen MR) is 91.1 cm³/mol. The van der Waals surface area contributed by atoms with Crippen LogP contribution >= 0.6 is 0 Å². The molecule has 1 aromatic rings. The van der Waals surface area contributed by atoms with E-state index in [1.54, 1.807) is 17.0 Å². The minimum absolute atomic E-state index is 0.133. The van der Waals surface area contributed by atoms with Gasteiger partial charge in [-0.05, 0) is 39.3 Å². The topological polar surface area (TPSA) is 70.1 Å². The van der Waals surface area contributed by atoms with Gasteiger partial charge in [-0.25, -0.2) is 9.59 Å². The van der Waals surface area contributed by atoms with Crippen molar-refractivity contribution < 1.29 is 19.4 Å². The van der Waals surface area contributed by atoms with Crippen LogP contribution in [0.25, 0.3) is 0 Å². The van der Waals surface area contributed by atoms with Crippen LogP contribution in [-0.2, 0) is 11.3 Å². The molecule has 0 unspecified atom stereocenters. The van der Waals surface area contributed by atoms with Gasteiger partial charge in [0.15, 0.2) is 0 Å². The summed E-state index contributed by atoms with van der Waals surface area (Å²) in [7, 11) is 0. The standard InChI is InChI=1S/C18H26N2O4/c1-13-11-20(17(23)24-18(2,3)4)10-9-19(13)12-14-7-5-6-8-15(14)16(21)22/h5-8,13H,9-12H2,1-4H3,(H,21,22)/t13-/m0/s1. The SMILES string of the molecule is C[C@H]1CN(C(=O)OC(C)(C)C)CCN1Cc1ccccc1C(=O)O. The summed E-state index contributed by atoms with van der Waals surface area (Å²) in [5.41, 5.74) is 0.625. The van der Waals surface area contributed by atoms with E-state index in [9.17, 15) is 14.7 Å². The van der Waals surface area contributed by atoms with Crippen molar-refractivity contribution in [3.63, 3.8) is 0 Å². The zero-order chi connectivity index (χ0) is 17.9. The van der Waals surface area contributed by atoms with Crippen LogP contribution in [0.3, 0.4) is 0 Å². The molecule has 132 valence electrons. The van der Waals surface area contributed by atoms with Crippen molar-refractivity contribution in [2.24, 2.45) is 0 Å². The molecule has 0 aliphatic carbocycles. The number of carbonyl (C=O) groups excluding carboxylic acids is 1. The average molecular weight is 334 g/mol. The zero-order valence-corrected chi connectivity index (χ0v) is 14.8. The number of carboxylic acids is 1. The third-order valence-electron chi connectivity index (χ3n) is 4.04. The number of carboxylic acid groups (broad SMARTS) is 1. The van der Waals surface area contributed by atoms with Crippen molar-refractivity contribution in [1.29, 1.82) is 0 Å². The Bertz CT molecular complexity index is 609. The molecule has 1 amide bonds. The molecule has 24 heavy (non-hydrogen) atoms. The molecule has 6 heteroatoms. The van der Waals surface area contributed by atoms with Crippen LogP contribution in [0.2, 0.25) is 0 Å². The second-order valence-corrected chi connectivity index (χ2v) is 7.21. The molecule has 1 aromatic carbocycles. The van der Waals surface area contributed by atoms with Crippen molar-refractivity contribution in [1.82, 2.24) is 9.80 Å². The first kappa shape index (κ1) is 18.3. The molecule has 0 saturated carbocycles. The fraction of sp³-hybridized carbons (Fsp3) is 0.556. The fourth-order valence-corrected chi connectivity index (χ4v) is 2.81. The summed E-state index contributed by atoms with van der Waals surface area (Å²) in [5.74, 6) is -0.911. The Balaban J connectivity index is 2.00. The predicted octanol–water partition coefficient (Wildman–Crippen LogP) is 2.83. The van der Waals surface area contributed by atoms with Gasteiger partial charge in [-0.15, -0.1) is 0 Å². The average Bonchev–Trinajstić information content (AvgIpc) is 2.47. The lowest BCUT2D eigenvalue weighted by Gasteiger charge is -2.40. The number of rotatable bonds is 3. The number of piperazine rings is 1. The van der Waals surface area contributed by atoms with E-state index in [4.69, 9.17) is 4.74 Å². The van der Waals surface area contributed by atoms with E-state index in [-0.39, 0.29) is 12.1 Å². The van der Waals surface area contributed by atoms with Crippen molar-refractivity contribution in [3.8, 4) is 0 Å². The third-order valence-corrected chi connectivity index (χ3v) is 4.04. The summed E-state index contributed by atoms with van der Waals surface area (Å²) in [6, 6.07) is 7.18. The monoisotopic (exact) mass is 334 g/mol. The summed E-state index contributed by atoms with van der Waals surface area (Å²) < 4.78 is 5.42. The summed E-state index contributed by atoms with van der Waals surface area (Å²) in [6.45, 7) is 10.0. The normalized spacial score (nSPS) is 19.2. The second-order valence-electron chi connectivity index (χ2n) is 7.21. The first-order valence-electron chi connectivity index (χ1n) is 8.20. The van der Waals surface area contributed by atoms with Crippen LogP contribution in [0.15, 0.2) is 24.3 Å². The van der Waals surface area contributed by atoms with Gasteiger partial charge in [0.2, 0.25) is 0 Å². The van der Waals surface area contributed by atoms with E-state index in [1.165, 1.54) is 0 Å². The number of hydrogen-bond acceptors (Lipinski definition) is 4. The summed E-state index contributed by atoms with van der Waals surface area (Å²) in [6.07, 6.45) is -0.292. The molecule has 1 aliphatic heterocycles. The molecule has 1 heterocycles. The van der Waals surface area contributed by atoms with Crippen LogP contribution in [0, 0.1) is 0 Å². The molecule has 0 spiro atoms. The Morgan fingerprint density at radius 1 is 1.25 bits per heavy atom. The molecule has 1 saturated heterocycles. The van der Waals surface area contributed by atoms with E-state index in [0.717, 1.165) is 5.56 Å². The maximum atomic E-state index is 12.2. The third kappa shape index (κ3) is 4.71. The van der Waals surface area contributed by atoms with Gasteiger partial charge in [-0.1, -0.05) is 18.2 Å². The van der Waals surface area contributed by atoms with Gasteiger partial charge in [-0.2, -0.15) is 0 Å². The van der Waals surface area contributed by atoms with Crippen molar-refractivity contribution in [3.05, 3.63) is 35.4 Å². The number of aromatic carboxylic acids is 1. The Labute approximate surface area is 143 Å². The van der Waals surface area contributed by atoms with E-state index >= 15 is 0 Å². The number of ether oxygens (including phenoxy) is 1. The first-order chi connectivity index (χ1) is 11.2. The van der Waals surface area contributed by atoms with Crippen LogP contribution in [0.4, 0.5) is 4.79 Å². The van der Waals surface area contributed by atoms with Crippen LogP contribution in [0.5, 0.6) is 0 Å². The van der Waals surface area contributed by atoms with Crippen LogP contribution in [0.1, 0.15) is 43.6 Å². The van der Waals surface area contributed by atoms with Gasteiger partial charge in [-0.3, -0.25) is 4.90 Å². The number of nitrogens with zero attached hydrogens (tertiary/aromatic N) is 2. The Kier molecular flexibility index (Phi) is 5.49. The number of hydrogen-bond donors (Lipinski definition) is 1. The maximum absolute atomic E-state index is 12.2. The largest absolute Gasteiger partial charge is 0.478 e.